The molecule has 0 bridgehead atoms. The zero-order valence-electron chi connectivity index (χ0n) is 29.5. The molecule has 0 rings (SSSR count). The third kappa shape index (κ3) is 47.0. The molecule has 0 spiro atoms. The molecule has 256 valence electrons. The summed E-state index contributed by atoms with van der Waals surface area (Å²) in [6, 6.07) is 0. The molecule has 0 radical (unpaired) electrons. The van der Waals surface area contributed by atoms with Crippen molar-refractivity contribution >= 4 is 56.6 Å². The number of carbonyl (C=O) groups excluding carboxylic acids is 2. The van der Waals surface area contributed by atoms with E-state index in [0.717, 1.165) is 24.3 Å². The summed E-state index contributed by atoms with van der Waals surface area (Å²) < 4.78 is 3.31. The van der Waals surface area contributed by atoms with E-state index in [4.69, 9.17) is 0 Å². The SMILES string of the molecule is CCCCC(CC)CSCC(=O)[O-].CCCCC(CC)CSCC(=O)[O-].CCCCCCC[CH2][Sn+2][CH2]CCCCCCC. The number of hydrogen-bond acceptors (Lipinski definition) is 6. The average molecular weight is 752 g/mol. The molecule has 0 heterocycles. The van der Waals surface area contributed by atoms with E-state index in [-0.39, 0.29) is 32.6 Å². The van der Waals surface area contributed by atoms with Crippen molar-refractivity contribution in [1.29, 1.82) is 0 Å². The Morgan fingerprint density at radius 2 is 0.837 bits per heavy atom. The van der Waals surface area contributed by atoms with Gasteiger partial charge in [0, 0.05) is 11.5 Å². The number of thioether (sulfide) groups is 2. The van der Waals surface area contributed by atoms with Crippen LogP contribution in [0, 0.1) is 11.8 Å². The fourth-order valence-corrected chi connectivity index (χ4v) is 10.2. The minimum atomic E-state index is -0.949. The Kier molecular flexibility index (Phi) is 47.2. The molecule has 43 heavy (non-hydrogen) atoms. The second-order valence-corrected chi connectivity index (χ2v) is 18.2. The molecule has 0 aromatic carbocycles. The molecule has 0 amide bonds. The first kappa shape index (κ1) is 47.8. The molecule has 2 atom stereocenters. The summed E-state index contributed by atoms with van der Waals surface area (Å²) in [6.07, 6.45) is 27.6. The van der Waals surface area contributed by atoms with Gasteiger partial charge in [0.25, 0.3) is 0 Å². The van der Waals surface area contributed by atoms with Crippen molar-refractivity contribution in [2.45, 2.75) is 179 Å². The van der Waals surface area contributed by atoms with E-state index < -0.39 is 11.9 Å². The fraction of sp³-hybridized carbons (Fsp3) is 0.944. The van der Waals surface area contributed by atoms with Crippen molar-refractivity contribution in [3.8, 4) is 0 Å². The van der Waals surface area contributed by atoms with Crippen LogP contribution in [0.15, 0.2) is 0 Å². The zero-order chi connectivity index (χ0) is 32.8. The quantitative estimate of drug-likeness (QED) is 0.0538. The van der Waals surface area contributed by atoms with Crippen LogP contribution in [-0.2, 0) is 9.59 Å². The van der Waals surface area contributed by atoms with E-state index in [1.807, 2.05) is 0 Å². The van der Waals surface area contributed by atoms with Gasteiger partial charge in [-0.15, -0.1) is 0 Å². The Morgan fingerprint density at radius 3 is 1.14 bits per heavy atom. The van der Waals surface area contributed by atoms with E-state index in [9.17, 15) is 19.8 Å². The number of carboxylic acids is 2. The predicted octanol–water partition coefficient (Wildman–Crippen LogP) is 9.62. The summed E-state index contributed by atoms with van der Waals surface area (Å²) in [5, 5.41) is 20.3. The number of unbranched alkanes of at least 4 members (excludes halogenated alkanes) is 12. The van der Waals surface area contributed by atoms with Crippen LogP contribution < -0.4 is 10.2 Å². The normalized spacial score (nSPS) is 11.9. The minimum absolute atomic E-state index is 0.0736. The molecule has 0 N–H and O–H groups in total. The van der Waals surface area contributed by atoms with Gasteiger partial charge in [-0.3, -0.25) is 0 Å². The molecule has 0 aromatic heterocycles. The number of carbonyl (C=O) groups is 2. The van der Waals surface area contributed by atoms with Crippen LogP contribution in [-0.4, -0.2) is 56.1 Å². The topological polar surface area (TPSA) is 80.3 Å². The second kappa shape index (κ2) is 42.4. The molecular weight excluding hydrogens is 679 g/mol. The Hall–Kier alpha value is 0.439. The molecule has 0 aromatic rings. The van der Waals surface area contributed by atoms with Gasteiger partial charge in [-0.1, -0.05) is 66.2 Å². The molecule has 2 unspecified atom stereocenters. The first-order chi connectivity index (χ1) is 20.8. The molecule has 0 aliphatic carbocycles. The van der Waals surface area contributed by atoms with E-state index in [0.29, 0.717) is 11.8 Å². The van der Waals surface area contributed by atoms with Crippen molar-refractivity contribution in [3.05, 3.63) is 0 Å². The molecule has 0 saturated carbocycles. The van der Waals surface area contributed by atoms with Crippen LogP contribution in [0.2, 0.25) is 8.87 Å². The van der Waals surface area contributed by atoms with E-state index in [1.165, 1.54) is 126 Å². The van der Waals surface area contributed by atoms with Crippen molar-refractivity contribution in [2.75, 3.05) is 23.0 Å². The number of rotatable bonds is 30. The van der Waals surface area contributed by atoms with Gasteiger partial charge in [-0.2, -0.15) is 23.5 Å². The van der Waals surface area contributed by atoms with Crippen molar-refractivity contribution < 1.29 is 19.8 Å². The first-order valence-corrected chi connectivity index (χ1v) is 24.4. The summed E-state index contributed by atoms with van der Waals surface area (Å²) in [5.74, 6) is 1.68. The molecule has 0 aliphatic rings. The Balaban J connectivity index is -0.000000566. The first-order valence-electron chi connectivity index (χ1n) is 18.1. The standard InChI is InChI=1S/2C10H20O2S.2C8H17.Sn/c2*1-3-5-6-9(4-2)7-13-8-10(11)12;2*1-3-5-7-8-6-4-2;/h2*9H,3-8H2,1-2H3,(H,11,12);2*1,3-8H2,2H3;/q;;;;+2/p-2. The Labute approximate surface area is 288 Å². The van der Waals surface area contributed by atoms with Crippen LogP contribution in [0.3, 0.4) is 0 Å². The van der Waals surface area contributed by atoms with Gasteiger partial charge >= 0.3 is 121 Å². The van der Waals surface area contributed by atoms with Crippen molar-refractivity contribution in [2.24, 2.45) is 11.8 Å². The van der Waals surface area contributed by atoms with Crippen LogP contribution >= 0.6 is 23.5 Å². The van der Waals surface area contributed by atoms with Gasteiger partial charge < -0.3 is 19.8 Å². The average Bonchev–Trinajstić information content (AvgIpc) is 2.99. The van der Waals surface area contributed by atoms with E-state index in [1.54, 1.807) is 21.7 Å². The fourth-order valence-electron chi connectivity index (χ4n) is 4.60. The zero-order valence-corrected chi connectivity index (χ0v) is 34.0. The third-order valence-electron chi connectivity index (χ3n) is 7.65. The predicted molar refractivity (Wildman–Crippen MR) is 193 cm³/mol. The summed E-state index contributed by atoms with van der Waals surface area (Å²) in [5.41, 5.74) is 0. The number of aliphatic carboxylic acids is 2. The summed E-state index contributed by atoms with van der Waals surface area (Å²) in [7, 11) is 0. The van der Waals surface area contributed by atoms with Gasteiger partial charge in [-0.25, -0.2) is 0 Å². The number of carboxylic acid groups (broad SMARTS) is 2. The molecular formula is C36H72O4S2Sn. The molecule has 7 heteroatoms. The van der Waals surface area contributed by atoms with Gasteiger partial charge in [0.1, 0.15) is 0 Å². The maximum atomic E-state index is 10.2. The van der Waals surface area contributed by atoms with Crippen LogP contribution in [0.25, 0.3) is 0 Å². The van der Waals surface area contributed by atoms with Gasteiger partial charge in [0.15, 0.2) is 0 Å². The molecule has 0 fully saturated rings. The summed E-state index contributed by atoms with van der Waals surface area (Å²) >= 11 is 3.04. The molecule has 0 saturated heterocycles. The summed E-state index contributed by atoms with van der Waals surface area (Å²) in [6.45, 7) is 13.3. The monoisotopic (exact) mass is 752 g/mol. The van der Waals surface area contributed by atoms with Crippen LogP contribution in [0.1, 0.15) is 170 Å². The van der Waals surface area contributed by atoms with Crippen LogP contribution in [0.5, 0.6) is 0 Å². The summed E-state index contributed by atoms with van der Waals surface area (Å²) in [4.78, 5) is 20.3. The maximum absolute atomic E-state index is 10.2. The number of hydrogen-bond donors (Lipinski definition) is 0. The molecule has 0 aliphatic heterocycles. The third-order valence-corrected chi connectivity index (χ3v) is 14.0. The van der Waals surface area contributed by atoms with E-state index >= 15 is 0 Å². The van der Waals surface area contributed by atoms with Gasteiger partial charge in [0.05, 0.1) is 11.9 Å². The van der Waals surface area contributed by atoms with Gasteiger partial charge in [-0.05, 0) is 36.2 Å². The second-order valence-electron chi connectivity index (χ2n) is 11.9. The van der Waals surface area contributed by atoms with Crippen molar-refractivity contribution in [1.82, 2.24) is 0 Å². The van der Waals surface area contributed by atoms with Crippen LogP contribution in [0.4, 0.5) is 0 Å². The van der Waals surface area contributed by atoms with Gasteiger partial charge in [0.2, 0.25) is 0 Å². The van der Waals surface area contributed by atoms with E-state index in [2.05, 4.69) is 41.5 Å². The van der Waals surface area contributed by atoms with Crippen molar-refractivity contribution in [3.63, 3.8) is 0 Å². The molecule has 4 nitrogen and oxygen atoms in total. The Bertz CT molecular complexity index is 505. The Morgan fingerprint density at radius 1 is 0.512 bits per heavy atom.